The van der Waals surface area contributed by atoms with Gasteiger partial charge in [0.1, 0.15) is 0 Å². The van der Waals surface area contributed by atoms with Gasteiger partial charge in [-0.15, -0.1) is 0 Å². The molecule has 0 saturated carbocycles. The molecule has 0 saturated heterocycles. The molecule has 1 heteroatoms. The van der Waals surface area contributed by atoms with Gasteiger partial charge in [-0.2, -0.15) is 0 Å². The molecule has 0 aliphatic rings. The third-order valence-electron chi connectivity index (χ3n) is 2.58. The molecule has 1 nitrogen and oxygen atoms in total. The topological polar surface area (TPSA) is 12.0 Å². The van der Waals surface area contributed by atoms with Crippen LogP contribution in [0, 0.1) is 0 Å². The Labute approximate surface area is 77.2 Å². The smallest absolute Gasteiger partial charge is 0.0252 e. The highest BCUT2D eigenvalue weighted by Crippen LogP contribution is 2.07. The second-order valence-corrected chi connectivity index (χ2v) is 3.42. The minimum absolute atomic E-state index is 0.659. The Hall–Kier alpha value is -0.460. The molecule has 0 aromatic carbocycles. The fraction of sp³-hybridized carbons (Fsp3) is 0.818. The van der Waals surface area contributed by atoms with E-state index in [-0.39, 0.29) is 0 Å². The van der Waals surface area contributed by atoms with Crippen molar-refractivity contribution in [3.63, 3.8) is 0 Å². The van der Waals surface area contributed by atoms with Crippen LogP contribution in [0.15, 0.2) is 11.3 Å². The highest BCUT2D eigenvalue weighted by molar-refractivity contribution is 5.07. The quantitative estimate of drug-likeness (QED) is 0.664. The Balaban J connectivity index is 4.05. The van der Waals surface area contributed by atoms with Crippen molar-refractivity contribution in [2.75, 3.05) is 0 Å². The van der Waals surface area contributed by atoms with Gasteiger partial charge in [-0.05, 0) is 33.1 Å². The van der Waals surface area contributed by atoms with Crippen molar-refractivity contribution < 1.29 is 0 Å². The lowest BCUT2D eigenvalue weighted by molar-refractivity contribution is 0.529. The van der Waals surface area contributed by atoms with Crippen LogP contribution in [-0.4, -0.2) is 6.04 Å². The Kier molecular flexibility index (Phi) is 5.87. The number of nitrogens with one attached hydrogen (secondary N) is 1. The normalized spacial score (nSPS) is 13.2. The van der Waals surface area contributed by atoms with E-state index in [1.807, 2.05) is 0 Å². The Morgan fingerprint density at radius 2 is 1.58 bits per heavy atom. The van der Waals surface area contributed by atoms with Crippen LogP contribution in [0.1, 0.15) is 53.9 Å². The van der Waals surface area contributed by atoms with Gasteiger partial charge in [0.05, 0.1) is 0 Å². The predicted octanol–water partition coefficient (Wildman–Crippen LogP) is 3.47. The SMILES string of the molecule is CC/C(C)=C(/C)NC(CC)CC. The van der Waals surface area contributed by atoms with E-state index in [0.717, 1.165) is 6.42 Å². The van der Waals surface area contributed by atoms with Crippen molar-refractivity contribution in [3.05, 3.63) is 11.3 Å². The Morgan fingerprint density at radius 1 is 1.08 bits per heavy atom. The molecule has 0 unspecified atom stereocenters. The average Bonchev–Trinajstić information content (AvgIpc) is 2.12. The van der Waals surface area contributed by atoms with Gasteiger partial charge in [-0.25, -0.2) is 0 Å². The Bertz CT molecular complexity index is 143. The largest absolute Gasteiger partial charge is 0.386 e. The summed E-state index contributed by atoms with van der Waals surface area (Å²) >= 11 is 0. The van der Waals surface area contributed by atoms with Crippen molar-refractivity contribution in [3.8, 4) is 0 Å². The molecule has 0 spiro atoms. The minimum Gasteiger partial charge on any atom is -0.386 e. The fourth-order valence-electron chi connectivity index (χ4n) is 1.19. The summed E-state index contributed by atoms with van der Waals surface area (Å²) in [6.45, 7) is 11.0. The highest BCUT2D eigenvalue weighted by atomic mass is 14.9. The number of hydrogen-bond donors (Lipinski definition) is 1. The molecule has 0 heterocycles. The monoisotopic (exact) mass is 169 g/mol. The van der Waals surface area contributed by atoms with Crippen molar-refractivity contribution in [1.29, 1.82) is 0 Å². The van der Waals surface area contributed by atoms with Gasteiger partial charge in [0.15, 0.2) is 0 Å². The third kappa shape index (κ3) is 3.80. The maximum absolute atomic E-state index is 3.55. The van der Waals surface area contributed by atoms with E-state index in [4.69, 9.17) is 0 Å². The first-order chi connectivity index (χ1) is 5.65. The van der Waals surface area contributed by atoms with Crippen molar-refractivity contribution in [2.45, 2.75) is 59.9 Å². The molecule has 0 radical (unpaired) electrons. The molecule has 0 bridgehead atoms. The Morgan fingerprint density at radius 3 is 1.92 bits per heavy atom. The third-order valence-corrected chi connectivity index (χ3v) is 2.58. The number of hydrogen-bond acceptors (Lipinski definition) is 1. The van der Waals surface area contributed by atoms with Crippen molar-refractivity contribution >= 4 is 0 Å². The minimum atomic E-state index is 0.659. The van der Waals surface area contributed by atoms with Crippen LogP contribution in [0.25, 0.3) is 0 Å². The van der Waals surface area contributed by atoms with E-state index in [9.17, 15) is 0 Å². The molecule has 0 aliphatic heterocycles. The zero-order valence-corrected chi connectivity index (χ0v) is 9.20. The van der Waals surface area contributed by atoms with Crippen LogP contribution in [0.5, 0.6) is 0 Å². The summed E-state index contributed by atoms with van der Waals surface area (Å²) < 4.78 is 0. The highest BCUT2D eigenvalue weighted by Gasteiger charge is 2.02. The number of allylic oxidation sites excluding steroid dienone is 2. The molecule has 0 fully saturated rings. The van der Waals surface area contributed by atoms with Gasteiger partial charge in [0.2, 0.25) is 0 Å². The molecule has 0 rings (SSSR count). The lowest BCUT2D eigenvalue weighted by Gasteiger charge is -2.18. The van der Waals surface area contributed by atoms with E-state index < -0.39 is 0 Å². The molecule has 0 aromatic rings. The number of rotatable bonds is 5. The summed E-state index contributed by atoms with van der Waals surface area (Å²) in [7, 11) is 0. The fourth-order valence-corrected chi connectivity index (χ4v) is 1.19. The molecule has 0 aliphatic carbocycles. The van der Waals surface area contributed by atoms with Crippen LogP contribution in [0.3, 0.4) is 0 Å². The summed E-state index contributed by atoms with van der Waals surface area (Å²) in [5, 5.41) is 3.55. The molecular weight excluding hydrogens is 146 g/mol. The average molecular weight is 169 g/mol. The molecule has 0 atom stereocenters. The first kappa shape index (κ1) is 11.5. The lowest BCUT2D eigenvalue weighted by atomic mass is 10.1. The molecule has 72 valence electrons. The van der Waals surface area contributed by atoms with Gasteiger partial charge >= 0.3 is 0 Å². The summed E-state index contributed by atoms with van der Waals surface area (Å²) in [6, 6.07) is 0.659. The van der Waals surface area contributed by atoms with Crippen LogP contribution in [0.4, 0.5) is 0 Å². The van der Waals surface area contributed by atoms with Gasteiger partial charge in [-0.1, -0.05) is 26.3 Å². The van der Waals surface area contributed by atoms with Gasteiger partial charge in [0.25, 0.3) is 0 Å². The maximum atomic E-state index is 3.55. The van der Waals surface area contributed by atoms with Crippen LogP contribution in [0.2, 0.25) is 0 Å². The molecule has 12 heavy (non-hydrogen) atoms. The lowest BCUT2D eigenvalue weighted by Crippen LogP contribution is -2.26. The first-order valence-electron chi connectivity index (χ1n) is 5.08. The van der Waals surface area contributed by atoms with Crippen molar-refractivity contribution in [2.24, 2.45) is 0 Å². The summed E-state index contributed by atoms with van der Waals surface area (Å²) in [5.41, 5.74) is 2.84. The van der Waals surface area contributed by atoms with E-state index >= 15 is 0 Å². The first-order valence-corrected chi connectivity index (χ1v) is 5.08. The zero-order chi connectivity index (χ0) is 9.56. The molecular formula is C11H23N. The molecule has 0 aromatic heterocycles. The van der Waals surface area contributed by atoms with E-state index in [1.54, 1.807) is 0 Å². The summed E-state index contributed by atoms with van der Waals surface area (Å²) in [5.74, 6) is 0. The predicted molar refractivity (Wildman–Crippen MR) is 56.2 cm³/mol. The van der Waals surface area contributed by atoms with E-state index in [1.165, 1.54) is 24.1 Å². The van der Waals surface area contributed by atoms with Gasteiger partial charge in [0, 0.05) is 11.7 Å². The standard InChI is InChI=1S/C11H23N/c1-6-9(4)10(5)12-11(7-2)8-3/h11-12H,6-8H2,1-5H3/b10-9-. The second kappa shape index (κ2) is 6.10. The molecule has 0 amide bonds. The van der Waals surface area contributed by atoms with E-state index in [2.05, 4.69) is 39.9 Å². The van der Waals surface area contributed by atoms with E-state index in [0.29, 0.717) is 6.04 Å². The van der Waals surface area contributed by atoms with Crippen molar-refractivity contribution in [1.82, 2.24) is 5.32 Å². The molecule has 1 N–H and O–H groups in total. The van der Waals surface area contributed by atoms with Crippen LogP contribution in [-0.2, 0) is 0 Å². The maximum Gasteiger partial charge on any atom is 0.0252 e. The second-order valence-electron chi connectivity index (χ2n) is 3.42. The van der Waals surface area contributed by atoms with Crippen LogP contribution >= 0.6 is 0 Å². The van der Waals surface area contributed by atoms with Gasteiger partial charge < -0.3 is 5.32 Å². The summed E-state index contributed by atoms with van der Waals surface area (Å²) in [6.07, 6.45) is 3.58. The zero-order valence-electron chi connectivity index (χ0n) is 9.20. The van der Waals surface area contributed by atoms with Crippen LogP contribution < -0.4 is 5.32 Å². The van der Waals surface area contributed by atoms with Gasteiger partial charge in [-0.3, -0.25) is 0 Å². The summed E-state index contributed by atoms with van der Waals surface area (Å²) in [4.78, 5) is 0.